The molecule has 0 aliphatic carbocycles. The van der Waals surface area contributed by atoms with Gasteiger partial charge in [-0.25, -0.2) is 9.97 Å². The van der Waals surface area contributed by atoms with Gasteiger partial charge >= 0.3 is 5.51 Å². The van der Waals surface area contributed by atoms with Crippen LogP contribution in [0.4, 0.5) is 13.2 Å². The summed E-state index contributed by atoms with van der Waals surface area (Å²) < 4.78 is 38.2. The van der Waals surface area contributed by atoms with E-state index in [0.29, 0.717) is 10.3 Å². The fourth-order valence-corrected chi connectivity index (χ4v) is 1.93. The number of nitrogens with zero attached hydrogens (tertiary/aromatic N) is 3. The van der Waals surface area contributed by atoms with E-state index in [4.69, 9.17) is 0 Å². The van der Waals surface area contributed by atoms with Gasteiger partial charge in [0, 0.05) is 18.0 Å². The fourth-order valence-electron chi connectivity index (χ4n) is 1.04. The summed E-state index contributed by atoms with van der Waals surface area (Å²) in [6.07, 6.45) is 4.00. The summed E-state index contributed by atoms with van der Waals surface area (Å²) >= 11 is 2.88. The van der Waals surface area contributed by atoms with Crippen LogP contribution in [0.5, 0.6) is 0 Å². The van der Waals surface area contributed by atoms with Crippen molar-refractivity contribution in [2.75, 3.05) is 0 Å². The third kappa shape index (κ3) is 2.43. The second-order valence-corrected chi connectivity index (χ2v) is 4.48. The van der Waals surface area contributed by atoms with Gasteiger partial charge < -0.3 is 0 Å². The van der Waals surface area contributed by atoms with Crippen molar-refractivity contribution in [2.45, 2.75) is 10.5 Å². The minimum absolute atomic E-state index is 0.0144. The van der Waals surface area contributed by atoms with Gasteiger partial charge in [-0.15, -0.1) is 0 Å². The number of alkyl halides is 3. The van der Waals surface area contributed by atoms with Crippen LogP contribution in [0, 0.1) is 0 Å². The normalized spacial score (nSPS) is 12.3. The molecule has 0 amide bonds. The minimum Gasteiger partial charge on any atom is -0.290 e. The SMILES string of the molecule is FC(F)(F)Sc1cnc2cnc(Br)cn12. The first kappa shape index (κ1) is 10.7. The van der Waals surface area contributed by atoms with E-state index >= 15 is 0 Å². The van der Waals surface area contributed by atoms with Gasteiger partial charge in [0.05, 0.1) is 12.4 Å². The Labute approximate surface area is 94.8 Å². The Hall–Kier alpha value is -0.760. The molecule has 0 N–H and O–H groups in total. The maximum atomic E-state index is 12.1. The molecule has 0 spiro atoms. The number of hydrogen-bond donors (Lipinski definition) is 0. The molecule has 0 radical (unpaired) electrons. The molecule has 0 bridgehead atoms. The molecule has 2 rings (SSSR count). The molecule has 0 aromatic carbocycles. The van der Waals surface area contributed by atoms with Gasteiger partial charge in [-0.1, -0.05) is 0 Å². The average Bonchev–Trinajstić information content (AvgIpc) is 2.46. The number of aromatic nitrogens is 3. The van der Waals surface area contributed by atoms with Crippen molar-refractivity contribution in [1.82, 2.24) is 14.4 Å². The molecule has 80 valence electrons. The Balaban J connectivity index is 2.48. The maximum Gasteiger partial charge on any atom is 0.447 e. The lowest BCUT2D eigenvalue weighted by Gasteiger charge is -2.04. The van der Waals surface area contributed by atoms with Gasteiger partial charge in [-0.2, -0.15) is 13.2 Å². The highest BCUT2D eigenvalue weighted by atomic mass is 79.9. The van der Waals surface area contributed by atoms with Gasteiger partial charge in [0.1, 0.15) is 9.63 Å². The molecule has 0 fully saturated rings. The molecule has 0 aliphatic heterocycles. The van der Waals surface area contributed by atoms with Crippen molar-refractivity contribution in [1.29, 1.82) is 0 Å². The zero-order valence-corrected chi connectivity index (χ0v) is 9.40. The fraction of sp³-hybridized carbons (Fsp3) is 0.143. The first-order valence-corrected chi connectivity index (χ1v) is 5.31. The maximum absolute atomic E-state index is 12.1. The summed E-state index contributed by atoms with van der Waals surface area (Å²) in [7, 11) is 0. The largest absolute Gasteiger partial charge is 0.447 e. The highest BCUT2D eigenvalue weighted by Gasteiger charge is 2.30. The van der Waals surface area contributed by atoms with E-state index in [-0.39, 0.29) is 16.8 Å². The van der Waals surface area contributed by atoms with Crippen LogP contribution >= 0.6 is 27.7 Å². The van der Waals surface area contributed by atoms with Crippen LogP contribution < -0.4 is 0 Å². The van der Waals surface area contributed by atoms with E-state index in [1.54, 1.807) is 0 Å². The summed E-state index contributed by atoms with van der Waals surface area (Å²) in [5.74, 6) is 0. The lowest BCUT2D eigenvalue weighted by Crippen LogP contribution is -2.00. The summed E-state index contributed by atoms with van der Waals surface area (Å²) in [5.41, 5.74) is -3.93. The van der Waals surface area contributed by atoms with Crippen molar-refractivity contribution in [3.05, 3.63) is 23.2 Å². The number of halogens is 4. The molecule has 0 atom stereocenters. The lowest BCUT2D eigenvalue weighted by atomic mass is 10.7. The second-order valence-electron chi connectivity index (χ2n) is 2.58. The molecule has 15 heavy (non-hydrogen) atoms. The number of rotatable bonds is 1. The Morgan fingerprint density at radius 3 is 2.67 bits per heavy atom. The van der Waals surface area contributed by atoms with Crippen LogP contribution in [0.15, 0.2) is 28.2 Å². The standard InChI is InChI=1S/C7H3BrF3N3S/c8-4-3-14-5(1-12-4)13-2-6(14)15-7(9,10)11/h1-3H. The van der Waals surface area contributed by atoms with Crippen molar-refractivity contribution in [3.8, 4) is 0 Å². The van der Waals surface area contributed by atoms with E-state index in [2.05, 4.69) is 25.9 Å². The average molecular weight is 298 g/mol. The second kappa shape index (κ2) is 3.67. The van der Waals surface area contributed by atoms with Crippen LogP contribution in [0.1, 0.15) is 0 Å². The molecule has 0 unspecified atom stereocenters. The summed E-state index contributed by atoms with van der Waals surface area (Å²) in [4.78, 5) is 7.66. The van der Waals surface area contributed by atoms with E-state index in [1.807, 2.05) is 0 Å². The molecule has 3 nitrogen and oxygen atoms in total. The summed E-state index contributed by atoms with van der Waals surface area (Å²) in [6.45, 7) is 0. The van der Waals surface area contributed by atoms with Crippen LogP contribution in [0.3, 0.4) is 0 Å². The van der Waals surface area contributed by atoms with Crippen LogP contribution in [-0.4, -0.2) is 19.9 Å². The predicted octanol–water partition coefficient (Wildman–Crippen LogP) is 3.10. The van der Waals surface area contributed by atoms with Crippen molar-refractivity contribution in [2.24, 2.45) is 0 Å². The molecule has 0 saturated heterocycles. The lowest BCUT2D eigenvalue weighted by molar-refractivity contribution is -0.0329. The minimum atomic E-state index is -4.31. The monoisotopic (exact) mass is 297 g/mol. The van der Waals surface area contributed by atoms with E-state index < -0.39 is 5.51 Å². The number of imidazole rings is 1. The van der Waals surface area contributed by atoms with Crippen molar-refractivity contribution in [3.63, 3.8) is 0 Å². The molecule has 2 aromatic rings. The van der Waals surface area contributed by atoms with Gasteiger partial charge in [0.2, 0.25) is 0 Å². The smallest absolute Gasteiger partial charge is 0.290 e. The van der Waals surface area contributed by atoms with Gasteiger partial charge in [0.15, 0.2) is 5.65 Å². The number of fused-ring (bicyclic) bond motifs is 1. The van der Waals surface area contributed by atoms with Gasteiger partial charge in [-0.05, 0) is 15.9 Å². The molecular weight excluding hydrogens is 295 g/mol. The highest BCUT2D eigenvalue weighted by molar-refractivity contribution is 9.10. The van der Waals surface area contributed by atoms with E-state index in [1.165, 1.54) is 23.0 Å². The molecule has 2 aromatic heterocycles. The molecular formula is C7H3BrF3N3S. The molecule has 2 heterocycles. The quantitative estimate of drug-likeness (QED) is 0.758. The topological polar surface area (TPSA) is 30.2 Å². The van der Waals surface area contributed by atoms with Crippen LogP contribution in [-0.2, 0) is 0 Å². The Morgan fingerprint density at radius 1 is 1.27 bits per heavy atom. The molecule has 0 saturated carbocycles. The first-order chi connectivity index (χ1) is 6.96. The van der Waals surface area contributed by atoms with E-state index in [0.717, 1.165) is 0 Å². The summed E-state index contributed by atoms with van der Waals surface area (Å²) in [6, 6.07) is 0. The Kier molecular flexibility index (Phi) is 2.63. The summed E-state index contributed by atoms with van der Waals surface area (Å²) in [5, 5.41) is 0.0144. The van der Waals surface area contributed by atoms with Crippen molar-refractivity contribution < 1.29 is 13.2 Å². The third-order valence-electron chi connectivity index (χ3n) is 1.55. The highest BCUT2D eigenvalue weighted by Crippen LogP contribution is 2.36. The first-order valence-electron chi connectivity index (χ1n) is 3.70. The molecule has 8 heteroatoms. The van der Waals surface area contributed by atoms with Crippen LogP contribution in [0.2, 0.25) is 0 Å². The molecule has 0 aliphatic rings. The zero-order valence-electron chi connectivity index (χ0n) is 6.99. The van der Waals surface area contributed by atoms with Gasteiger partial charge in [0.25, 0.3) is 0 Å². The van der Waals surface area contributed by atoms with E-state index in [9.17, 15) is 13.2 Å². The van der Waals surface area contributed by atoms with Crippen LogP contribution in [0.25, 0.3) is 5.65 Å². The Bertz CT molecular complexity index is 496. The Morgan fingerprint density at radius 2 is 2.00 bits per heavy atom. The number of hydrogen-bond acceptors (Lipinski definition) is 3. The van der Waals surface area contributed by atoms with Gasteiger partial charge in [-0.3, -0.25) is 4.40 Å². The third-order valence-corrected chi connectivity index (χ3v) is 2.70. The van der Waals surface area contributed by atoms with Crippen molar-refractivity contribution >= 4 is 33.3 Å². The zero-order chi connectivity index (χ0) is 11.1. The predicted molar refractivity (Wildman–Crippen MR) is 52.6 cm³/mol. The number of thioether (sulfide) groups is 1.